The summed E-state index contributed by atoms with van der Waals surface area (Å²) in [5.74, 6) is -0.552. The standard InChI is InChI=1S/C10H18O3/c1-2-6-13-7-8-4-3-5-9(8)10(11)12/h8-9H,2-7H2,1H3,(H,11,12). The van der Waals surface area contributed by atoms with Gasteiger partial charge in [0, 0.05) is 6.61 Å². The predicted octanol–water partition coefficient (Wildman–Crippen LogP) is 1.91. The second-order valence-electron chi connectivity index (χ2n) is 3.71. The topological polar surface area (TPSA) is 46.5 Å². The largest absolute Gasteiger partial charge is 0.481 e. The Labute approximate surface area is 79.1 Å². The van der Waals surface area contributed by atoms with E-state index < -0.39 is 5.97 Å². The van der Waals surface area contributed by atoms with Crippen LogP contribution in [0.2, 0.25) is 0 Å². The molecule has 1 N–H and O–H groups in total. The predicted molar refractivity (Wildman–Crippen MR) is 49.6 cm³/mol. The molecule has 1 fully saturated rings. The van der Waals surface area contributed by atoms with Gasteiger partial charge in [-0.3, -0.25) is 4.79 Å². The Morgan fingerprint density at radius 1 is 1.54 bits per heavy atom. The van der Waals surface area contributed by atoms with Gasteiger partial charge in [0.1, 0.15) is 0 Å². The van der Waals surface area contributed by atoms with Crippen LogP contribution in [0.5, 0.6) is 0 Å². The Bertz CT molecular complexity index is 168. The molecule has 0 spiro atoms. The van der Waals surface area contributed by atoms with E-state index in [1.165, 1.54) is 0 Å². The van der Waals surface area contributed by atoms with Crippen LogP contribution in [0.25, 0.3) is 0 Å². The monoisotopic (exact) mass is 186 g/mol. The first-order valence-corrected chi connectivity index (χ1v) is 5.06. The van der Waals surface area contributed by atoms with Crippen LogP contribution < -0.4 is 0 Å². The molecule has 76 valence electrons. The minimum absolute atomic E-state index is 0.156. The molecule has 0 amide bonds. The second kappa shape index (κ2) is 5.22. The van der Waals surface area contributed by atoms with E-state index in [1.54, 1.807) is 0 Å². The SMILES string of the molecule is CCCOCC1CCCC1C(=O)O. The van der Waals surface area contributed by atoms with Gasteiger partial charge in [-0.1, -0.05) is 13.3 Å². The van der Waals surface area contributed by atoms with Crippen LogP contribution in [0.4, 0.5) is 0 Å². The Morgan fingerprint density at radius 3 is 2.92 bits per heavy atom. The van der Waals surface area contributed by atoms with Crippen LogP contribution in [0.1, 0.15) is 32.6 Å². The van der Waals surface area contributed by atoms with E-state index in [-0.39, 0.29) is 11.8 Å². The van der Waals surface area contributed by atoms with Crippen molar-refractivity contribution in [1.82, 2.24) is 0 Å². The highest BCUT2D eigenvalue weighted by Crippen LogP contribution is 2.31. The zero-order chi connectivity index (χ0) is 9.68. The van der Waals surface area contributed by atoms with Crippen molar-refractivity contribution < 1.29 is 14.6 Å². The van der Waals surface area contributed by atoms with Crippen LogP contribution in [0, 0.1) is 11.8 Å². The number of aliphatic carboxylic acids is 1. The van der Waals surface area contributed by atoms with E-state index in [4.69, 9.17) is 9.84 Å². The molecule has 2 atom stereocenters. The summed E-state index contributed by atoms with van der Waals surface area (Å²) in [5, 5.41) is 8.88. The van der Waals surface area contributed by atoms with Crippen molar-refractivity contribution >= 4 is 5.97 Å². The number of carboxylic acid groups (broad SMARTS) is 1. The van der Waals surface area contributed by atoms with E-state index in [9.17, 15) is 4.79 Å². The maximum atomic E-state index is 10.8. The molecule has 0 aliphatic heterocycles. The third kappa shape index (κ3) is 2.99. The number of ether oxygens (including phenoxy) is 1. The van der Waals surface area contributed by atoms with E-state index in [2.05, 4.69) is 6.92 Å². The summed E-state index contributed by atoms with van der Waals surface area (Å²) < 4.78 is 5.38. The Morgan fingerprint density at radius 2 is 2.31 bits per heavy atom. The van der Waals surface area contributed by atoms with Gasteiger partial charge in [-0.2, -0.15) is 0 Å². The third-order valence-electron chi connectivity index (χ3n) is 2.66. The summed E-state index contributed by atoms with van der Waals surface area (Å²) in [5.41, 5.74) is 0. The molecule has 0 bridgehead atoms. The van der Waals surface area contributed by atoms with Crippen molar-refractivity contribution in [2.24, 2.45) is 11.8 Å². The molecule has 0 radical (unpaired) electrons. The summed E-state index contributed by atoms with van der Waals surface area (Å²) in [6, 6.07) is 0. The maximum absolute atomic E-state index is 10.8. The van der Waals surface area contributed by atoms with Gasteiger partial charge in [-0.15, -0.1) is 0 Å². The van der Waals surface area contributed by atoms with Crippen molar-refractivity contribution in [3.63, 3.8) is 0 Å². The fraction of sp³-hybridized carbons (Fsp3) is 0.900. The number of carbonyl (C=O) groups is 1. The molecule has 1 saturated carbocycles. The van der Waals surface area contributed by atoms with Crippen LogP contribution in [0.3, 0.4) is 0 Å². The van der Waals surface area contributed by atoms with Crippen molar-refractivity contribution in [2.75, 3.05) is 13.2 Å². The number of hydrogen-bond donors (Lipinski definition) is 1. The number of rotatable bonds is 5. The fourth-order valence-electron chi connectivity index (χ4n) is 1.94. The molecular weight excluding hydrogens is 168 g/mol. The Hall–Kier alpha value is -0.570. The quantitative estimate of drug-likeness (QED) is 0.667. The first-order valence-electron chi connectivity index (χ1n) is 5.06. The normalized spacial score (nSPS) is 27.8. The van der Waals surface area contributed by atoms with Crippen LogP contribution in [0.15, 0.2) is 0 Å². The summed E-state index contributed by atoms with van der Waals surface area (Å²) in [6.07, 6.45) is 3.89. The zero-order valence-corrected chi connectivity index (χ0v) is 8.16. The van der Waals surface area contributed by atoms with Crippen molar-refractivity contribution in [3.8, 4) is 0 Å². The minimum atomic E-state index is -0.650. The summed E-state index contributed by atoms with van der Waals surface area (Å²) >= 11 is 0. The number of hydrogen-bond acceptors (Lipinski definition) is 2. The maximum Gasteiger partial charge on any atom is 0.306 e. The molecule has 0 saturated heterocycles. The third-order valence-corrected chi connectivity index (χ3v) is 2.66. The van der Waals surface area contributed by atoms with Gasteiger partial charge >= 0.3 is 5.97 Å². The first-order chi connectivity index (χ1) is 6.25. The molecule has 1 aliphatic carbocycles. The molecule has 1 rings (SSSR count). The Kier molecular flexibility index (Phi) is 4.22. The molecule has 0 aromatic rings. The first kappa shape index (κ1) is 10.5. The average molecular weight is 186 g/mol. The summed E-state index contributed by atoms with van der Waals surface area (Å²) in [7, 11) is 0. The molecule has 0 aromatic carbocycles. The molecule has 13 heavy (non-hydrogen) atoms. The lowest BCUT2D eigenvalue weighted by molar-refractivity contribution is -0.143. The highest BCUT2D eigenvalue weighted by Gasteiger charge is 2.32. The molecule has 1 aliphatic rings. The van der Waals surface area contributed by atoms with E-state index >= 15 is 0 Å². The molecule has 3 heteroatoms. The van der Waals surface area contributed by atoms with Gasteiger partial charge < -0.3 is 9.84 Å². The smallest absolute Gasteiger partial charge is 0.306 e. The number of carboxylic acids is 1. The van der Waals surface area contributed by atoms with Crippen molar-refractivity contribution in [1.29, 1.82) is 0 Å². The van der Waals surface area contributed by atoms with Gasteiger partial charge in [0.15, 0.2) is 0 Å². The fourth-order valence-corrected chi connectivity index (χ4v) is 1.94. The molecule has 0 heterocycles. The van der Waals surface area contributed by atoms with Gasteiger partial charge in [0.05, 0.1) is 12.5 Å². The minimum Gasteiger partial charge on any atom is -0.481 e. The van der Waals surface area contributed by atoms with Crippen LogP contribution in [-0.2, 0) is 9.53 Å². The van der Waals surface area contributed by atoms with Gasteiger partial charge in [0.2, 0.25) is 0 Å². The molecule has 2 unspecified atom stereocenters. The highest BCUT2D eigenvalue weighted by molar-refractivity contribution is 5.70. The molecular formula is C10H18O3. The molecule has 3 nitrogen and oxygen atoms in total. The van der Waals surface area contributed by atoms with Gasteiger partial charge in [0.25, 0.3) is 0 Å². The van der Waals surface area contributed by atoms with E-state index in [0.717, 1.165) is 32.3 Å². The van der Waals surface area contributed by atoms with E-state index in [1.807, 2.05) is 0 Å². The summed E-state index contributed by atoms with van der Waals surface area (Å²) in [6.45, 7) is 3.44. The van der Waals surface area contributed by atoms with Gasteiger partial charge in [-0.25, -0.2) is 0 Å². The van der Waals surface area contributed by atoms with Crippen molar-refractivity contribution in [2.45, 2.75) is 32.6 Å². The van der Waals surface area contributed by atoms with Crippen molar-refractivity contribution in [3.05, 3.63) is 0 Å². The lowest BCUT2D eigenvalue weighted by Gasteiger charge is -2.15. The van der Waals surface area contributed by atoms with Crippen LogP contribution >= 0.6 is 0 Å². The molecule has 0 aromatic heterocycles. The van der Waals surface area contributed by atoms with E-state index in [0.29, 0.717) is 6.61 Å². The summed E-state index contributed by atoms with van der Waals surface area (Å²) in [4.78, 5) is 10.8. The van der Waals surface area contributed by atoms with Gasteiger partial charge in [-0.05, 0) is 25.2 Å². The zero-order valence-electron chi connectivity index (χ0n) is 8.16. The second-order valence-corrected chi connectivity index (χ2v) is 3.71. The lowest BCUT2D eigenvalue weighted by Crippen LogP contribution is -2.22. The highest BCUT2D eigenvalue weighted by atomic mass is 16.5. The average Bonchev–Trinajstić information content (AvgIpc) is 2.53. The van der Waals surface area contributed by atoms with Crippen LogP contribution in [-0.4, -0.2) is 24.3 Å². The lowest BCUT2D eigenvalue weighted by atomic mass is 9.97. The Balaban J connectivity index is 2.27.